The predicted octanol–water partition coefficient (Wildman–Crippen LogP) is 2.21. The van der Waals surface area contributed by atoms with Gasteiger partial charge >= 0.3 is 6.09 Å². The molecule has 0 bridgehead atoms. The SMILES string of the molecule is CC(C)(C)OC(=O)NCc1ccc(=O)n(C2CC2)c1. The summed E-state index contributed by atoms with van der Waals surface area (Å²) < 4.78 is 6.90. The minimum atomic E-state index is -0.503. The highest BCUT2D eigenvalue weighted by atomic mass is 16.6. The van der Waals surface area contributed by atoms with Crippen LogP contribution in [0.3, 0.4) is 0 Å². The minimum Gasteiger partial charge on any atom is -0.444 e. The molecule has 1 fully saturated rings. The molecule has 1 N–H and O–H groups in total. The number of alkyl carbamates (subject to hydrolysis) is 1. The fourth-order valence-electron chi connectivity index (χ4n) is 1.78. The molecule has 1 aromatic rings. The summed E-state index contributed by atoms with van der Waals surface area (Å²) in [5, 5.41) is 2.68. The number of hydrogen-bond acceptors (Lipinski definition) is 3. The van der Waals surface area contributed by atoms with Crippen molar-refractivity contribution in [3.8, 4) is 0 Å². The van der Waals surface area contributed by atoms with Crippen LogP contribution in [0.4, 0.5) is 4.79 Å². The number of amides is 1. The number of carbonyl (C=O) groups excluding carboxylic acids is 1. The summed E-state index contributed by atoms with van der Waals surface area (Å²) in [7, 11) is 0. The lowest BCUT2D eigenvalue weighted by atomic mass is 10.2. The van der Waals surface area contributed by atoms with Crippen LogP contribution in [0.1, 0.15) is 45.2 Å². The standard InChI is InChI=1S/C14H20N2O3/c1-14(2,3)19-13(18)15-8-10-4-7-12(17)16(9-10)11-5-6-11/h4,7,9,11H,5-6,8H2,1-3H3,(H,15,18). The van der Waals surface area contributed by atoms with E-state index in [0.29, 0.717) is 12.6 Å². The van der Waals surface area contributed by atoms with E-state index in [1.54, 1.807) is 16.7 Å². The van der Waals surface area contributed by atoms with Crippen molar-refractivity contribution >= 4 is 6.09 Å². The average Bonchev–Trinajstić information content (AvgIpc) is 3.09. The maximum absolute atomic E-state index is 11.6. The molecule has 0 spiro atoms. The van der Waals surface area contributed by atoms with Gasteiger partial charge in [0.2, 0.25) is 0 Å². The van der Waals surface area contributed by atoms with Crippen LogP contribution in [0.5, 0.6) is 0 Å². The Hall–Kier alpha value is -1.78. The van der Waals surface area contributed by atoms with Crippen LogP contribution in [0.2, 0.25) is 0 Å². The zero-order valence-corrected chi connectivity index (χ0v) is 11.6. The van der Waals surface area contributed by atoms with E-state index in [2.05, 4.69) is 5.32 Å². The van der Waals surface area contributed by atoms with Gasteiger partial charge in [0.25, 0.3) is 5.56 Å². The second kappa shape index (κ2) is 5.07. The molecule has 1 heterocycles. The second-order valence-corrected chi connectivity index (χ2v) is 5.87. The zero-order valence-electron chi connectivity index (χ0n) is 11.6. The summed E-state index contributed by atoms with van der Waals surface area (Å²) in [4.78, 5) is 23.2. The van der Waals surface area contributed by atoms with E-state index in [-0.39, 0.29) is 5.56 Å². The summed E-state index contributed by atoms with van der Waals surface area (Å²) in [5.74, 6) is 0. The molecule has 1 aromatic heterocycles. The number of ether oxygens (including phenoxy) is 1. The van der Waals surface area contributed by atoms with Gasteiger partial charge in [0.15, 0.2) is 0 Å². The number of rotatable bonds is 3. The van der Waals surface area contributed by atoms with Gasteiger partial charge in [0.05, 0.1) is 0 Å². The third-order valence-corrected chi connectivity index (χ3v) is 2.78. The average molecular weight is 264 g/mol. The first-order valence-electron chi connectivity index (χ1n) is 6.53. The molecule has 5 heteroatoms. The van der Waals surface area contributed by atoms with Crippen LogP contribution in [0.15, 0.2) is 23.1 Å². The van der Waals surface area contributed by atoms with E-state index in [1.807, 2.05) is 27.0 Å². The number of nitrogens with one attached hydrogen (secondary N) is 1. The summed E-state index contributed by atoms with van der Waals surface area (Å²) in [6.45, 7) is 5.82. The van der Waals surface area contributed by atoms with Gasteiger partial charge in [-0.15, -0.1) is 0 Å². The Bertz CT molecular complexity index is 524. The molecule has 0 radical (unpaired) electrons. The van der Waals surface area contributed by atoms with E-state index in [0.717, 1.165) is 18.4 Å². The number of hydrogen-bond donors (Lipinski definition) is 1. The Balaban J connectivity index is 1.94. The van der Waals surface area contributed by atoms with Crippen molar-refractivity contribution in [3.05, 3.63) is 34.2 Å². The maximum atomic E-state index is 11.6. The maximum Gasteiger partial charge on any atom is 0.407 e. The molecule has 1 saturated carbocycles. The van der Waals surface area contributed by atoms with Crippen LogP contribution in [0, 0.1) is 0 Å². The molecule has 0 atom stereocenters. The van der Waals surface area contributed by atoms with Crippen LogP contribution in [-0.2, 0) is 11.3 Å². The number of aromatic nitrogens is 1. The second-order valence-electron chi connectivity index (χ2n) is 5.87. The highest BCUT2D eigenvalue weighted by molar-refractivity contribution is 5.67. The van der Waals surface area contributed by atoms with Crippen molar-refractivity contribution in [2.24, 2.45) is 0 Å². The largest absolute Gasteiger partial charge is 0.444 e. The lowest BCUT2D eigenvalue weighted by Gasteiger charge is -2.19. The number of pyridine rings is 1. The lowest BCUT2D eigenvalue weighted by Crippen LogP contribution is -2.32. The zero-order chi connectivity index (χ0) is 14.0. The van der Waals surface area contributed by atoms with Crippen LogP contribution < -0.4 is 10.9 Å². The molecule has 1 aliphatic carbocycles. The molecule has 1 amide bonds. The topological polar surface area (TPSA) is 60.3 Å². The van der Waals surface area contributed by atoms with E-state index < -0.39 is 11.7 Å². The minimum absolute atomic E-state index is 0.0171. The van der Waals surface area contributed by atoms with Crippen molar-refractivity contribution in [3.63, 3.8) is 0 Å². The van der Waals surface area contributed by atoms with Crippen molar-refractivity contribution in [2.45, 2.75) is 51.8 Å². The highest BCUT2D eigenvalue weighted by Gasteiger charge is 2.24. The van der Waals surface area contributed by atoms with Gasteiger partial charge in [0.1, 0.15) is 5.60 Å². The van der Waals surface area contributed by atoms with Gasteiger partial charge < -0.3 is 14.6 Å². The monoisotopic (exact) mass is 264 g/mol. The first kappa shape index (κ1) is 13.6. The molecule has 19 heavy (non-hydrogen) atoms. The summed E-state index contributed by atoms with van der Waals surface area (Å²) in [6.07, 6.45) is 3.49. The Morgan fingerprint density at radius 3 is 2.68 bits per heavy atom. The van der Waals surface area contributed by atoms with Gasteiger partial charge in [-0.2, -0.15) is 0 Å². The van der Waals surface area contributed by atoms with Crippen LogP contribution in [0.25, 0.3) is 0 Å². The van der Waals surface area contributed by atoms with Crippen molar-refractivity contribution in [1.29, 1.82) is 0 Å². The third-order valence-electron chi connectivity index (χ3n) is 2.78. The highest BCUT2D eigenvalue weighted by Crippen LogP contribution is 2.33. The lowest BCUT2D eigenvalue weighted by molar-refractivity contribution is 0.0523. The molecule has 0 unspecified atom stereocenters. The molecule has 104 valence electrons. The molecule has 1 aliphatic rings. The summed E-state index contributed by atoms with van der Waals surface area (Å²) in [5.41, 5.74) is 0.414. The fraction of sp³-hybridized carbons (Fsp3) is 0.571. The van der Waals surface area contributed by atoms with Crippen LogP contribution >= 0.6 is 0 Å². The van der Waals surface area contributed by atoms with Gasteiger partial charge in [-0.1, -0.05) is 6.07 Å². The Morgan fingerprint density at radius 1 is 1.42 bits per heavy atom. The Morgan fingerprint density at radius 2 is 2.11 bits per heavy atom. The molecule has 0 aromatic carbocycles. The van der Waals surface area contributed by atoms with E-state index in [4.69, 9.17) is 4.74 Å². The first-order valence-corrected chi connectivity index (χ1v) is 6.53. The van der Waals surface area contributed by atoms with E-state index in [9.17, 15) is 9.59 Å². The van der Waals surface area contributed by atoms with Crippen molar-refractivity contribution in [1.82, 2.24) is 9.88 Å². The molecule has 0 saturated heterocycles. The van der Waals surface area contributed by atoms with Gasteiger partial charge in [-0.05, 0) is 39.2 Å². The first-order chi connectivity index (χ1) is 8.85. The Kier molecular flexibility index (Phi) is 3.64. The molecule has 2 rings (SSSR count). The van der Waals surface area contributed by atoms with Gasteiger partial charge in [-0.3, -0.25) is 4.79 Å². The summed E-state index contributed by atoms with van der Waals surface area (Å²) in [6, 6.07) is 3.62. The van der Waals surface area contributed by atoms with Crippen molar-refractivity contribution < 1.29 is 9.53 Å². The molecular weight excluding hydrogens is 244 g/mol. The quantitative estimate of drug-likeness (QED) is 0.910. The molecular formula is C14H20N2O3. The smallest absolute Gasteiger partial charge is 0.407 e. The number of carbonyl (C=O) groups is 1. The number of nitrogens with zero attached hydrogens (tertiary/aromatic N) is 1. The predicted molar refractivity (Wildman–Crippen MR) is 72.0 cm³/mol. The van der Waals surface area contributed by atoms with Crippen molar-refractivity contribution in [2.75, 3.05) is 0 Å². The molecule has 5 nitrogen and oxygen atoms in total. The van der Waals surface area contributed by atoms with Gasteiger partial charge in [-0.25, -0.2) is 4.79 Å². The normalized spacial score (nSPS) is 15.1. The van der Waals surface area contributed by atoms with E-state index >= 15 is 0 Å². The third kappa shape index (κ3) is 4.12. The molecule has 0 aliphatic heterocycles. The van der Waals surface area contributed by atoms with Crippen LogP contribution in [-0.4, -0.2) is 16.3 Å². The fourth-order valence-corrected chi connectivity index (χ4v) is 1.78. The summed E-state index contributed by atoms with van der Waals surface area (Å²) >= 11 is 0. The van der Waals surface area contributed by atoms with Gasteiger partial charge in [0, 0.05) is 24.8 Å². The van der Waals surface area contributed by atoms with E-state index in [1.165, 1.54) is 0 Å². The Labute approximate surface area is 112 Å².